The molecular weight excluding hydrogens is 259 g/mol. The molecule has 0 N–H and O–H groups in total. The highest BCUT2D eigenvalue weighted by Crippen LogP contribution is 2.27. The molecule has 70 valence electrons. The fourth-order valence-electron chi connectivity index (χ4n) is 0.729. The van der Waals surface area contributed by atoms with Crippen LogP contribution in [-0.4, -0.2) is 12.6 Å². The first-order valence-electron chi connectivity index (χ1n) is 3.37. The number of carbonyl (C=O) groups excluding carboxylic acids is 1. The molecule has 0 bridgehead atoms. The van der Waals surface area contributed by atoms with Crippen LogP contribution in [0.2, 0.25) is 5.02 Å². The minimum atomic E-state index is -1.26. The Morgan fingerprint density at radius 1 is 1.62 bits per heavy atom. The Bertz CT molecular complexity index is 327. The van der Waals surface area contributed by atoms with Crippen molar-refractivity contribution in [1.29, 1.82) is 0 Å². The first kappa shape index (κ1) is 10.3. The number of hydrogen-bond donors (Lipinski definition) is 0. The molecule has 0 saturated heterocycles. The van der Waals surface area contributed by atoms with Gasteiger partial charge in [0.05, 0.1) is 10.4 Å². The average molecular weight is 264 g/mol. The zero-order valence-corrected chi connectivity index (χ0v) is 8.76. The lowest BCUT2D eigenvalue weighted by molar-refractivity contribution is -0.307. The molecule has 1 rings (SSSR count). The van der Waals surface area contributed by atoms with Crippen LogP contribution in [0.4, 0.5) is 0 Å². The predicted octanol–water partition coefficient (Wildman–Crippen LogP) is 1.23. The molecule has 0 saturated carbocycles. The van der Waals surface area contributed by atoms with Crippen molar-refractivity contribution in [3.63, 3.8) is 0 Å². The Hall–Kier alpha value is -0.740. The van der Waals surface area contributed by atoms with Crippen molar-refractivity contribution < 1.29 is 14.6 Å². The number of carboxylic acid groups (broad SMARTS) is 1. The highest BCUT2D eigenvalue weighted by molar-refractivity contribution is 9.10. The molecule has 0 unspecified atom stereocenters. The molecule has 0 spiro atoms. The second kappa shape index (κ2) is 4.48. The van der Waals surface area contributed by atoms with E-state index in [-0.39, 0.29) is 0 Å². The van der Waals surface area contributed by atoms with Crippen LogP contribution >= 0.6 is 27.5 Å². The summed E-state index contributed by atoms with van der Waals surface area (Å²) in [7, 11) is 0. The van der Waals surface area contributed by atoms with Gasteiger partial charge in [0.25, 0.3) is 0 Å². The molecule has 0 amide bonds. The highest BCUT2D eigenvalue weighted by Gasteiger charge is 2.00. The molecule has 3 nitrogen and oxygen atoms in total. The number of hydrogen-bond acceptors (Lipinski definition) is 3. The Morgan fingerprint density at radius 2 is 2.31 bits per heavy atom. The van der Waals surface area contributed by atoms with Crippen LogP contribution in [0.1, 0.15) is 0 Å². The number of rotatable bonds is 3. The van der Waals surface area contributed by atoms with Crippen molar-refractivity contribution >= 4 is 33.5 Å². The van der Waals surface area contributed by atoms with Gasteiger partial charge in [0.15, 0.2) is 0 Å². The lowest BCUT2D eigenvalue weighted by atomic mass is 10.3. The summed E-state index contributed by atoms with van der Waals surface area (Å²) in [6.07, 6.45) is 0. The molecule has 5 heteroatoms. The fraction of sp³-hybridized carbons (Fsp3) is 0.125. The topological polar surface area (TPSA) is 49.4 Å². The third-order valence-corrected chi connectivity index (χ3v) is 2.09. The van der Waals surface area contributed by atoms with Crippen molar-refractivity contribution in [2.45, 2.75) is 0 Å². The first-order chi connectivity index (χ1) is 6.09. The van der Waals surface area contributed by atoms with E-state index in [1.54, 1.807) is 18.2 Å². The van der Waals surface area contributed by atoms with Gasteiger partial charge in [0, 0.05) is 5.02 Å². The van der Waals surface area contributed by atoms with Crippen molar-refractivity contribution in [2.24, 2.45) is 0 Å². The summed E-state index contributed by atoms with van der Waals surface area (Å²) in [5.74, 6) is -0.838. The molecule has 0 fully saturated rings. The minimum absolute atomic E-state index is 0.425. The smallest absolute Gasteiger partial charge is 0.134 e. The lowest BCUT2D eigenvalue weighted by Gasteiger charge is -2.08. The van der Waals surface area contributed by atoms with Crippen LogP contribution in [-0.2, 0) is 4.79 Å². The minimum Gasteiger partial charge on any atom is -0.546 e. The van der Waals surface area contributed by atoms with Gasteiger partial charge in [-0.15, -0.1) is 0 Å². The molecule has 0 radical (unpaired) electrons. The van der Waals surface area contributed by atoms with Gasteiger partial charge in [0.2, 0.25) is 0 Å². The van der Waals surface area contributed by atoms with Crippen molar-refractivity contribution in [2.75, 3.05) is 6.61 Å². The van der Waals surface area contributed by atoms with Crippen LogP contribution in [0, 0.1) is 0 Å². The third-order valence-electron chi connectivity index (χ3n) is 1.24. The van der Waals surface area contributed by atoms with Crippen LogP contribution < -0.4 is 9.84 Å². The lowest BCUT2D eigenvalue weighted by Crippen LogP contribution is -2.28. The van der Waals surface area contributed by atoms with E-state index in [2.05, 4.69) is 15.9 Å². The molecule has 0 heterocycles. The summed E-state index contributed by atoms with van der Waals surface area (Å²) >= 11 is 8.84. The van der Waals surface area contributed by atoms with Crippen molar-refractivity contribution in [3.8, 4) is 5.75 Å². The van der Waals surface area contributed by atoms with E-state index >= 15 is 0 Å². The molecule has 0 atom stereocenters. The standard InChI is InChI=1S/C8H6BrClO3/c9-6-3-5(10)1-2-7(6)13-4-8(11)12/h1-3H,4H2,(H,11,12)/p-1. The van der Waals surface area contributed by atoms with Gasteiger partial charge in [0.1, 0.15) is 12.4 Å². The maximum absolute atomic E-state index is 10.1. The van der Waals surface area contributed by atoms with E-state index in [4.69, 9.17) is 16.3 Å². The second-order valence-electron chi connectivity index (χ2n) is 2.24. The zero-order valence-electron chi connectivity index (χ0n) is 6.42. The first-order valence-corrected chi connectivity index (χ1v) is 4.54. The van der Waals surface area contributed by atoms with E-state index in [0.29, 0.717) is 15.2 Å². The Balaban J connectivity index is 2.72. The summed E-state index contributed by atoms with van der Waals surface area (Å²) in [5, 5.41) is 10.6. The Morgan fingerprint density at radius 3 is 2.85 bits per heavy atom. The van der Waals surface area contributed by atoms with E-state index < -0.39 is 12.6 Å². The summed E-state index contributed by atoms with van der Waals surface area (Å²) in [6.45, 7) is -0.472. The van der Waals surface area contributed by atoms with E-state index in [1.165, 1.54) is 0 Å². The molecule has 0 aromatic heterocycles. The Kier molecular flexibility index (Phi) is 3.57. The van der Waals surface area contributed by atoms with E-state index in [1.807, 2.05) is 0 Å². The summed E-state index contributed by atoms with van der Waals surface area (Å²) < 4.78 is 5.50. The molecule has 1 aromatic rings. The summed E-state index contributed by atoms with van der Waals surface area (Å²) in [4.78, 5) is 10.1. The molecular formula is C8H5BrClO3-. The maximum atomic E-state index is 10.1. The Labute approximate surface area is 88.4 Å². The third kappa shape index (κ3) is 3.24. The van der Waals surface area contributed by atoms with Crippen LogP contribution in [0.25, 0.3) is 0 Å². The highest BCUT2D eigenvalue weighted by atomic mass is 79.9. The quantitative estimate of drug-likeness (QED) is 0.825. The number of aliphatic carboxylic acids is 1. The molecule has 1 aromatic carbocycles. The normalized spacial score (nSPS) is 9.69. The summed E-state index contributed by atoms with van der Waals surface area (Å²) in [6, 6.07) is 4.80. The number of benzene rings is 1. The molecule has 0 aliphatic carbocycles. The van der Waals surface area contributed by atoms with Crippen LogP contribution in [0.3, 0.4) is 0 Å². The number of carbonyl (C=O) groups is 1. The number of carboxylic acids is 1. The average Bonchev–Trinajstić information content (AvgIpc) is 2.02. The van der Waals surface area contributed by atoms with Gasteiger partial charge in [-0.25, -0.2) is 0 Å². The van der Waals surface area contributed by atoms with Gasteiger partial charge < -0.3 is 14.6 Å². The van der Waals surface area contributed by atoms with Crippen molar-refractivity contribution in [3.05, 3.63) is 27.7 Å². The largest absolute Gasteiger partial charge is 0.546 e. The number of halogens is 2. The van der Waals surface area contributed by atoms with Gasteiger partial charge in [-0.3, -0.25) is 0 Å². The fourth-order valence-corrected chi connectivity index (χ4v) is 1.53. The second-order valence-corrected chi connectivity index (χ2v) is 3.53. The molecule has 13 heavy (non-hydrogen) atoms. The van der Waals surface area contributed by atoms with Crippen LogP contribution in [0.5, 0.6) is 5.75 Å². The predicted molar refractivity (Wildman–Crippen MR) is 49.7 cm³/mol. The van der Waals surface area contributed by atoms with Crippen molar-refractivity contribution in [1.82, 2.24) is 0 Å². The van der Waals surface area contributed by atoms with Gasteiger partial charge in [-0.2, -0.15) is 0 Å². The van der Waals surface area contributed by atoms with E-state index in [0.717, 1.165) is 0 Å². The maximum Gasteiger partial charge on any atom is 0.134 e. The summed E-state index contributed by atoms with van der Waals surface area (Å²) in [5.41, 5.74) is 0. The molecule has 0 aliphatic heterocycles. The van der Waals surface area contributed by atoms with Crippen LogP contribution in [0.15, 0.2) is 22.7 Å². The SMILES string of the molecule is O=C([O-])COc1ccc(Cl)cc1Br. The molecule has 0 aliphatic rings. The zero-order chi connectivity index (χ0) is 9.84. The van der Waals surface area contributed by atoms with E-state index in [9.17, 15) is 9.90 Å². The van der Waals surface area contributed by atoms with Gasteiger partial charge >= 0.3 is 0 Å². The van der Waals surface area contributed by atoms with Gasteiger partial charge in [-0.05, 0) is 34.1 Å². The monoisotopic (exact) mass is 263 g/mol. The number of ether oxygens (including phenoxy) is 1. The van der Waals surface area contributed by atoms with Gasteiger partial charge in [-0.1, -0.05) is 11.6 Å².